The maximum absolute atomic E-state index is 12.3. The van der Waals surface area contributed by atoms with Gasteiger partial charge in [-0.15, -0.1) is 0 Å². The zero-order valence-electron chi connectivity index (χ0n) is 14.9. The van der Waals surface area contributed by atoms with E-state index in [0.29, 0.717) is 6.61 Å². The quantitative estimate of drug-likeness (QED) is 0.483. The van der Waals surface area contributed by atoms with Crippen molar-refractivity contribution in [2.45, 2.75) is 77.7 Å². The number of unbranched alkanes of at least 4 members (excludes halogenated alkanes) is 7. The van der Waals surface area contributed by atoms with Crippen LogP contribution in [0.2, 0.25) is 0 Å². The molecule has 0 spiro atoms. The highest BCUT2D eigenvalue weighted by molar-refractivity contribution is 5.94. The Kier molecular flexibility index (Phi) is 11.2. The fourth-order valence-corrected chi connectivity index (χ4v) is 2.70. The SMILES string of the molecule is CCCCCCCCCCC(OCC)C(=O)Nc1ccccc1. The van der Waals surface area contributed by atoms with Crippen molar-refractivity contribution >= 4 is 11.6 Å². The highest BCUT2D eigenvalue weighted by Crippen LogP contribution is 2.14. The van der Waals surface area contributed by atoms with Crippen molar-refractivity contribution in [3.05, 3.63) is 30.3 Å². The van der Waals surface area contributed by atoms with Crippen LogP contribution in [0.5, 0.6) is 0 Å². The summed E-state index contributed by atoms with van der Waals surface area (Å²) < 4.78 is 5.62. The van der Waals surface area contributed by atoms with E-state index in [4.69, 9.17) is 4.74 Å². The van der Waals surface area contributed by atoms with Crippen LogP contribution in [0.4, 0.5) is 5.69 Å². The summed E-state index contributed by atoms with van der Waals surface area (Å²) in [6.07, 6.45) is 10.7. The van der Waals surface area contributed by atoms with Crippen LogP contribution in [-0.4, -0.2) is 18.6 Å². The van der Waals surface area contributed by atoms with Gasteiger partial charge < -0.3 is 10.1 Å². The minimum absolute atomic E-state index is 0.0269. The van der Waals surface area contributed by atoms with Crippen LogP contribution in [0.3, 0.4) is 0 Å². The molecule has 0 aliphatic carbocycles. The molecule has 0 fully saturated rings. The third-order valence-electron chi connectivity index (χ3n) is 4.02. The Labute approximate surface area is 141 Å². The van der Waals surface area contributed by atoms with Crippen molar-refractivity contribution in [3.63, 3.8) is 0 Å². The van der Waals surface area contributed by atoms with Crippen molar-refractivity contribution in [1.82, 2.24) is 0 Å². The summed E-state index contributed by atoms with van der Waals surface area (Å²) in [6, 6.07) is 9.58. The normalized spacial score (nSPS) is 12.1. The van der Waals surface area contributed by atoms with Gasteiger partial charge in [0.05, 0.1) is 0 Å². The van der Waals surface area contributed by atoms with Crippen LogP contribution in [0.15, 0.2) is 30.3 Å². The van der Waals surface area contributed by atoms with Crippen LogP contribution in [0.1, 0.15) is 71.6 Å². The number of hydrogen-bond donors (Lipinski definition) is 1. The topological polar surface area (TPSA) is 38.3 Å². The second-order valence-electron chi connectivity index (χ2n) is 6.06. The summed E-state index contributed by atoms with van der Waals surface area (Å²) >= 11 is 0. The van der Waals surface area contributed by atoms with E-state index in [9.17, 15) is 4.79 Å². The maximum Gasteiger partial charge on any atom is 0.253 e. The van der Waals surface area contributed by atoms with E-state index in [1.807, 2.05) is 37.3 Å². The van der Waals surface area contributed by atoms with E-state index in [-0.39, 0.29) is 12.0 Å². The summed E-state index contributed by atoms with van der Waals surface area (Å²) in [5.41, 5.74) is 0.832. The van der Waals surface area contributed by atoms with Gasteiger partial charge in [-0.05, 0) is 25.5 Å². The molecule has 3 nitrogen and oxygen atoms in total. The minimum Gasteiger partial charge on any atom is -0.369 e. The molecule has 0 saturated heterocycles. The van der Waals surface area contributed by atoms with E-state index in [1.165, 1.54) is 44.9 Å². The van der Waals surface area contributed by atoms with E-state index < -0.39 is 0 Å². The monoisotopic (exact) mass is 319 g/mol. The Balaban J connectivity index is 2.22. The smallest absolute Gasteiger partial charge is 0.253 e. The predicted octanol–water partition coefficient (Wildman–Crippen LogP) is 5.56. The van der Waals surface area contributed by atoms with Gasteiger partial charge in [0.15, 0.2) is 0 Å². The Morgan fingerprint density at radius 3 is 2.17 bits per heavy atom. The number of nitrogens with one attached hydrogen (secondary N) is 1. The molecule has 1 atom stereocenters. The highest BCUT2D eigenvalue weighted by atomic mass is 16.5. The molecule has 0 aliphatic rings. The van der Waals surface area contributed by atoms with E-state index >= 15 is 0 Å². The molecule has 3 heteroatoms. The molecule has 1 unspecified atom stereocenters. The largest absolute Gasteiger partial charge is 0.369 e. The average molecular weight is 319 g/mol. The fraction of sp³-hybridized carbons (Fsp3) is 0.650. The molecule has 23 heavy (non-hydrogen) atoms. The molecule has 0 heterocycles. The Hall–Kier alpha value is -1.35. The summed E-state index contributed by atoms with van der Waals surface area (Å²) in [5, 5.41) is 2.94. The maximum atomic E-state index is 12.3. The van der Waals surface area contributed by atoms with Crippen LogP contribution >= 0.6 is 0 Å². The first-order valence-corrected chi connectivity index (χ1v) is 9.25. The average Bonchev–Trinajstić information content (AvgIpc) is 2.57. The van der Waals surface area contributed by atoms with E-state index in [0.717, 1.165) is 18.5 Å². The Morgan fingerprint density at radius 1 is 0.957 bits per heavy atom. The van der Waals surface area contributed by atoms with Gasteiger partial charge in [0, 0.05) is 12.3 Å². The van der Waals surface area contributed by atoms with Gasteiger partial charge in [-0.1, -0.05) is 76.5 Å². The molecule has 0 aromatic heterocycles. The second kappa shape index (κ2) is 13.1. The number of hydrogen-bond acceptors (Lipinski definition) is 2. The van der Waals surface area contributed by atoms with Crippen molar-refractivity contribution in [3.8, 4) is 0 Å². The zero-order chi connectivity index (χ0) is 16.8. The molecule has 1 aromatic rings. The molecule has 1 amide bonds. The van der Waals surface area contributed by atoms with E-state index in [2.05, 4.69) is 12.2 Å². The first-order chi connectivity index (χ1) is 11.3. The first kappa shape index (κ1) is 19.7. The van der Waals surface area contributed by atoms with Crippen LogP contribution in [0, 0.1) is 0 Å². The molecule has 0 aliphatic heterocycles. The first-order valence-electron chi connectivity index (χ1n) is 9.25. The van der Waals surface area contributed by atoms with Crippen LogP contribution in [0.25, 0.3) is 0 Å². The van der Waals surface area contributed by atoms with Crippen molar-refractivity contribution in [1.29, 1.82) is 0 Å². The highest BCUT2D eigenvalue weighted by Gasteiger charge is 2.18. The molecule has 1 rings (SSSR count). The van der Waals surface area contributed by atoms with Gasteiger partial charge >= 0.3 is 0 Å². The molecule has 1 aromatic carbocycles. The number of rotatable bonds is 13. The fourth-order valence-electron chi connectivity index (χ4n) is 2.70. The summed E-state index contributed by atoms with van der Waals surface area (Å²) in [7, 11) is 0. The lowest BCUT2D eigenvalue weighted by atomic mass is 10.1. The van der Waals surface area contributed by atoms with Crippen molar-refractivity contribution < 1.29 is 9.53 Å². The van der Waals surface area contributed by atoms with Gasteiger partial charge in [0.25, 0.3) is 5.91 Å². The predicted molar refractivity (Wildman–Crippen MR) is 97.7 cm³/mol. The number of anilines is 1. The third kappa shape index (κ3) is 9.39. The summed E-state index contributed by atoms with van der Waals surface area (Å²) in [5.74, 6) is -0.0269. The number of carbonyl (C=O) groups excluding carboxylic acids is 1. The van der Waals surface area contributed by atoms with Gasteiger partial charge in [-0.25, -0.2) is 0 Å². The second-order valence-corrected chi connectivity index (χ2v) is 6.06. The number of para-hydroxylation sites is 1. The molecule has 0 bridgehead atoms. The summed E-state index contributed by atoms with van der Waals surface area (Å²) in [4.78, 5) is 12.3. The standard InChI is InChI=1S/C20H33NO2/c1-3-5-6-7-8-9-10-14-17-19(23-4-2)20(22)21-18-15-12-11-13-16-18/h11-13,15-16,19H,3-10,14,17H2,1-2H3,(H,21,22). The lowest BCUT2D eigenvalue weighted by Crippen LogP contribution is -2.30. The zero-order valence-corrected chi connectivity index (χ0v) is 14.9. The number of carbonyl (C=O) groups is 1. The van der Waals surface area contributed by atoms with Crippen LogP contribution < -0.4 is 5.32 Å². The summed E-state index contributed by atoms with van der Waals surface area (Å²) in [6.45, 7) is 4.76. The lowest BCUT2D eigenvalue weighted by molar-refractivity contribution is -0.127. The van der Waals surface area contributed by atoms with E-state index in [1.54, 1.807) is 0 Å². The van der Waals surface area contributed by atoms with Crippen LogP contribution in [-0.2, 0) is 9.53 Å². The molecular formula is C20H33NO2. The third-order valence-corrected chi connectivity index (χ3v) is 4.02. The van der Waals surface area contributed by atoms with Gasteiger partial charge in [0.1, 0.15) is 6.10 Å². The molecule has 0 radical (unpaired) electrons. The van der Waals surface area contributed by atoms with Gasteiger partial charge in [-0.3, -0.25) is 4.79 Å². The molecule has 1 N–H and O–H groups in total. The number of amides is 1. The lowest BCUT2D eigenvalue weighted by Gasteiger charge is -2.16. The molecular weight excluding hydrogens is 286 g/mol. The van der Waals surface area contributed by atoms with Crippen molar-refractivity contribution in [2.75, 3.05) is 11.9 Å². The number of benzene rings is 1. The van der Waals surface area contributed by atoms with Gasteiger partial charge in [-0.2, -0.15) is 0 Å². The molecule has 0 saturated carbocycles. The minimum atomic E-state index is -0.333. The Morgan fingerprint density at radius 2 is 1.57 bits per heavy atom. The number of ether oxygens (including phenoxy) is 1. The van der Waals surface area contributed by atoms with Gasteiger partial charge in [0.2, 0.25) is 0 Å². The Bertz CT molecular complexity index is 405. The van der Waals surface area contributed by atoms with Crippen molar-refractivity contribution in [2.24, 2.45) is 0 Å². The molecule has 130 valence electrons.